The van der Waals surface area contributed by atoms with Crippen LogP contribution in [0.4, 0.5) is 8.78 Å². The van der Waals surface area contributed by atoms with Gasteiger partial charge in [0.2, 0.25) is 5.92 Å². The van der Waals surface area contributed by atoms with Gasteiger partial charge in [-0.1, -0.05) is 18.2 Å². The molecule has 3 unspecified atom stereocenters. The van der Waals surface area contributed by atoms with Crippen LogP contribution < -0.4 is 0 Å². The van der Waals surface area contributed by atoms with Crippen LogP contribution >= 0.6 is 0 Å². The quantitative estimate of drug-likeness (QED) is 0.252. The highest BCUT2D eigenvalue weighted by atomic mass is 19.3. The molecule has 0 bridgehead atoms. The Morgan fingerprint density at radius 1 is 1.19 bits per heavy atom. The van der Waals surface area contributed by atoms with Gasteiger partial charge in [0.15, 0.2) is 0 Å². The molecule has 0 aromatic rings. The first-order chi connectivity index (χ1) is 12.4. The second-order valence-corrected chi connectivity index (χ2v) is 7.80. The molecule has 0 amide bonds. The highest BCUT2D eigenvalue weighted by Crippen LogP contribution is 2.49. The van der Waals surface area contributed by atoms with Crippen LogP contribution in [-0.4, -0.2) is 29.6 Å². The van der Waals surface area contributed by atoms with Gasteiger partial charge in [-0.15, -0.1) is 13.2 Å². The Hall–Kier alpha value is -1.36. The number of unbranched alkanes of at least 4 members (excludes halogenated alkanes) is 1. The van der Waals surface area contributed by atoms with Gasteiger partial charge in [-0.05, 0) is 57.8 Å². The minimum absolute atomic E-state index is 0.0527. The number of rotatable bonds is 10. The molecule has 0 aromatic heterocycles. The maximum atomic E-state index is 14.3. The van der Waals surface area contributed by atoms with Crippen molar-refractivity contribution in [2.75, 3.05) is 6.54 Å². The van der Waals surface area contributed by atoms with Gasteiger partial charge in [0.25, 0.3) is 0 Å². The van der Waals surface area contributed by atoms with E-state index in [1.165, 1.54) is 0 Å². The molecule has 2 saturated carbocycles. The van der Waals surface area contributed by atoms with Crippen LogP contribution in [0.1, 0.15) is 58.8 Å². The summed E-state index contributed by atoms with van der Waals surface area (Å²) in [5, 5.41) is 8.68. The van der Waals surface area contributed by atoms with Crippen LogP contribution in [0.5, 0.6) is 0 Å². The molecule has 0 radical (unpaired) electrons. The van der Waals surface area contributed by atoms with E-state index >= 15 is 0 Å². The van der Waals surface area contributed by atoms with Crippen molar-refractivity contribution in [3.63, 3.8) is 0 Å². The van der Waals surface area contributed by atoms with E-state index in [0.717, 1.165) is 37.8 Å². The normalized spacial score (nSPS) is 27.7. The molecule has 26 heavy (non-hydrogen) atoms. The summed E-state index contributed by atoms with van der Waals surface area (Å²) >= 11 is 0. The summed E-state index contributed by atoms with van der Waals surface area (Å²) in [6.45, 7) is 11.9. The number of hydrogen-bond donors (Lipinski definition) is 0. The van der Waals surface area contributed by atoms with Crippen LogP contribution in [0.15, 0.2) is 47.3 Å². The molecule has 0 spiro atoms. The number of hydrogen-bond acceptors (Lipinski definition) is 3. The molecule has 2 fully saturated rings. The molecule has 3 atom stereocenters. The van der Waals surface area contributed by atoms with Crippen molar-refractivity contribution in [2.45, 2.75) is 76.9 Å². The number of azo groups is 1. The Balaban J connectivity index is 2.04. The van der Waals surface area contributed by atoms with E-state index in [0.29, 0.717) is 12.5 Å². The zero-order chi connectivity index (χ0) is 19.2. The Morgan fingerprint density at radius 2 is 1.92 bits per heavy atom. The van der Waals surface area contributed by atoms with Crippen molar-refractivity contribution >= 4 is 0 Å². The average molecular weight is 366 g/mol. The first-order valence-corrected chi connectivity index (χ1v) is 9.79. The van der Waals surface area contributed by atoms with Crippen LogP contribution in [0.3, 0.4) is 0 Å². The summed E-state index contributed by atoms with van der Waals surface area (Å²) in [5.41, 5.74) is 0.849. The van der Waals surface area contributed by atoms with E-state index in [1.807, 2.05) is 30.9 Å². The predicted molar refractivity (Wildman–Crippen MR) is 103 cm³/mol. The van der Waals surface area contributed by atoms with E-state index in [4.69, 9.17) is 0 Å². The Kier molecular flexibility index (Phi) is 7.69. The molecule has 0 heterocycles. The molecule has 2 rings (SSSR count). The number of allylic oxidation sites excluding steroid dienone is 3. The topological polar surface area (TPSA) is 28.0 Å². The fourth-order valence-electron chi connectivity index (χ4n) is 3.95. The summed E-state index contributed by atoms with van der Waals surface area (Å²) in [5.74, 6) is -1.94. The Bertz CT molecular complexity index is 537. The van der Waals surface area contributed by atoms with Crippen molar-refractivity contribution in [3.8, 4) is 0 Å². The molecule has 0 aromatic carbocycles. The second kappa shape index (κ2) is 9.54. The monoisotopic (exact) mass is 365 g/mol. The van der Waals surface area contributed by atoms with E-state index in [9.17, 15) is 8.78 Å². The van der Waals surface area contributed by atoms with Gasteiger partial charge in [-0.2, -0.15) is 10.2 Å². The zero-order valence-corrected chi connectivity index (χ0v) is 16.2. The molecule has 146 valence electrons. The van der Waals surface area contributed by atoms with Gasteiger partial charge in [-0.3, -0.25) is 4.90 Å². The third-order valence-electron chi connectivity index (χ3n) is 5.44. The minimum atomic E-state index is -2.58. The highest BCUT2D eigenvalue weighted by molar-refractivity contribution is 4.98. The van der Waals surface area contributed by atoms with Gasteiger partial charge in [0, 0.05) is 25.4 Å². The van der Waals surface area contributed by atoms with E-state index < -0.39 is 5.92 Å². The van der Waals surface area contributed by atoms with Crippen molar-refractivity contribution in [1.29, 1.82) is 0 Å². The number of halogens is 2. The van der Waals surface area contributed by atoms with Gasteiger partial charge in [0.05, 0.1) is 5.70 Å². The average Bonchev–Trinajstić information content (AvgIpc) is 3.41. The van der Waals surface area contributed by atoms with Crippen LogP contribution in [0.25, 0.3) is 0 Å². The Labute approximate surface area is 156 Å². The zero-order valence-electron chi connectivity index (χ0n) is 16.2. The molecular formula is C21H33F2N3. The third-order valence-corrected chi connectivity index (χ3v) is 5.44. The maximum Gasteiger partial charge on any atom is 0.249 e. The van der Waals surface area contributed by atoms with E-state index in [2.05, 4.69) is 23.4 Å². The van der Waals surface area contributed by atoms with Gasteiger partial charge in [0.1, 0.15) is 6.17 Å². The lowest BCUT2D eigenvalue weighted by Gasteiger charge is -2.42. The Morgan fingerprint density at radius 3 is 2.54 bits per heavy atom. The fourth-order valence-corrected chi connectivity index (χ4v) is 3.95. The maximum absolute atomic E-state index is 14.3. The SMILES string of the molecule is C=CCC/C=C(C)\N=N/C(C)N(CC=C)C1CC(C2CC2)CC(F)(F)C1. The first kappa shape index (κ1) is 20.9. The lowest BCUT2D eigenvalue weighted by atomic mass is 9.79. The number of alkyl halides is 2. The second-order valence-electron chi connectivity index (χ2n) is 7.80. The van der Waals surface area contributed by atoms with Gasteiger partial charge >= 0.3 is 0 Å². The summed E-state index contributed by atoms with van der Waals surface area (Å²) in [6, 6.07) is -0.165. The van der Waals surface area contributed by atoms with Crippen LogP contribution in [-0.2, 0) is 0 Å². The number of nitrogens with zero attached hydrogens (tertiary/aromatic N) is 3. The van der Waals surface area contributed by atoms with Crippen molar-refractivity contribution in [2.24, 2.45) is 22.1 Å². The summed E-state index contributed by atoms with van der Waals surface area (Å²) in [6.07, 6.45) is 10.2. The summed E-state index contributed by atoms with van der Waals surface area (Å²) in [7, 11) is 0. The molecule has 2 aliphatic rings. The lowest BCUT2D eigenvalue weighted by molar-refractivity contribution is -0.0891. The van der Waals surface area contributed by atoms with Gasteiger partial charge < -0.3 is 0 Å². The lowest BCUT2D eigenvalue weighted by Crippen LogP contribution is -2.48. The van der Waals surface area contributed by atoms with E-state index in [1.54, 1.807) is 6.08 Å². The molecular weight excluding hydrogens is 332 g/mol. The molecule has 5 heteroatoms. The fraction of sp³-hybridized carbons (Fsp3) is 0.714. The van der Waals surface area contributed by atoms with Crippen molar-refractivity contribution in [1.82, 2.24) is 4.90 Å². The first-order valence-electron chi connectivity index (χ1n) is 9.79. The molecule has 0 aliphatic heterocycles. The van der Waals surface area contributed by atoms with Crippen molar-refractivity contribution in [3.05, 3.63) is 37.1 Å². The minimum Gasteiger partial charge on any atom is -0.274 e. The third kappa shape index (κ3) is 6.42. The van der Waals surface area contributed by atoms with Crippen molar-refractivity contribution < 1.29 is 8.78 Å². The highest BCUT2D eigenvalue weighted by Gasteiger charge is 2.47. The van der Waals surface area contributed by atoms with Crippen LogP contribution in [0, 0.1) is 11.8 Å². The summed E-state index contributed by atoms with van der Waals surface area (Å²) < 4.78 is 28.6. The molecule has 3 nitrogen and oxygen atoms in total. The summed E-state index contributed by atoms with van der Waals surface area (Å²) in [4.78, 5) is 2.04. The van der Waals surface area contributed by atoms with Gasteiger partial charge in [-0.25, -0.2) is 8.78 Å². The molecule has 0 N–H and O–H groups in total. The standard InChI is InChI=1S/C21H33F2N3/c1-5-7-8-9-16(3)24-25-17(4)26(12-6-2)20-13-19(18-10-11-18)14-21(22,23)15-20/h5-6,9,17-20H,1-2,7-8,10-15H2,3-4H3/b16-9-,25-24-. The van der Waals surface area contributed by atoms with E-state index in [-0.39, 0.29) is 31.0 Å². The molecule has 0 saturated heterocycles. The predicted octanol–water partition coefficient (Wildman–Crippen LogP) is 6.36. The smallest absolute Gasteiger partial charge is 0.249 e. The molecule has 2 aliphatic carbocycles. The largest absolute Gasteiger partial charge is 0.274 e. The van der Waals surface area contributed by atoms with Crippen LogP contribution in [0.2, 0.25) is 0 Å².